The van der Waals surface area contributed by atoms with Gasteiger partial charge in [-0.15, -0.1) is 0 Å². The minimum Gasteiger partial charge on any atom is -0.482 e. The molecule has 0 saturated heterocycles. The molecule has 0 atom stereocenters. The first kappa shape index (κ1) is 14.5. The summed E-state index contributed by atoms with van der Waals surface area (Å²) in [6, 6.07) is 5.83. The largest absolute Gasteiger partial charge is 0.482 e. The molecule has 0 unspecified atom stereocenters. The fraction of sp³-hybridized carbons (Fsp3) is 0.357. The SMILES string of the molecule is CC(C)NCc1cc(COc2cccc(F)c2F)on1. The second kappa shape index (κ2) is 6.47. The van der Waals surface area contributed by atoms with Crippen LogP contribution >= 0.6 is 0 Å². The van der Waals surface area contributed by atoms with Crippen LogP contribution in [0.4, 0.5) is 8.78 Å². The normalized spacial score (nSPS) is 11.1. The molecule has 0 saturated carbocycles. The van der Waals surface area contributed by atoms with E-state index in [1.165, 1.54) is 12.1 Å². The summed E-state index contributed by atoms with van der Waals surface area (Å²) in [6.45, 7) is 4.62. The van der Waals surface area contributed by atoms with Crippen LogP contribution in [0, 0.1) is 11.6 Å². The number of rotatable bonds is 6. The molecule has 1 N–H and O–H groups in total. The van der Waals surface area contributed by atoms with Crippen molar-refractivity contribution < 1.29 is 18.0 Å². The van der Waals surface area contributed by atoms with Crippen LogP contribution in [-0.2, 0) is 13.2 Å². The maximum Gasteiger partial charge on any atom is 0.200 e. The lowest BCUT2D eigenvalue weighted by atomic mass is 10.3. The molecule has 0 fully saturated rings. The van der Waals surface area contributed by atoms with Gasteiger partial charge in [0.15, 0.2) is 17.3 Å². The fourth-order valence-corrected chi connectivity index (χ4v) is 1.56. The first-order chi connectivity index (χ1) is 9.56. The van der Waals surface area contributed by atoms with Gasteiger partial charge in [-0.05, 0) is 12.1 Å². The summed E-state index contributed by atoms with van der Waals surface area (Å²) in [5.41, 5.74) is 0.733. The van der Waals surface area contributed by atoms with Crippen LogP contribution in [0.1, 0.15) is 25.3 Å². The third kappa shape index (κ3) is 3.77. The lowest BCUT2D eigenvalue weighted by Crippen LogP contribution is -2.21. The molecule has 0 aliphatic rings. The maximum absolute atomic E-state index is 13.4. The summed E-state index contributed by atoms with van der Waals surface area (Å²) >= 11 is 0. The molecule has 2 rings (SSSR count). The summed E-state index contributed by atoms with van der Waals surface area (Å²) < 4.78 is 36.6. The van der Waals surface area contributed by atoms with E-state index in [4.69, 9.17) is 9.26 Å². The van der Waals surface area contributed by atoms with Gasteiger partial charge in [0.05, 0.1) is 5.69 Å². The Kier molecular flexibility index (Phi) is 4.68. The van der Waals surface area contributed by atoms with Gasteiger partial charge in [0.25, 0.3) is 0 Å². The lowest BCUT2D eigenvalue weighted by Gasteiger charge is -2.05. The van der Waals surface area contributed by atoms with Crippen molar-refractivity contribution in [1.82, 2.24) is 10.5 Å². The highest BCUT2D eigenvalue weighted by molar-refractivity contribution is 5.25. The average Bonchev–Trinajstić information content (AvgIpc) is 2.86. The van der Waals surface area contributed by atoms with Crippen molar-refractivity contribution >= 4 is 0 Å². The Morgan fingerprint density at radius 1 is 1.35 bits per heavy atom. The lowest BCUT2D eigenvalue weighted by molar-refractivity contribution is 0.237. The number of ether oxygens (including phenoxy) is 1. The van der Waals surface area contributed by atoms with E-state index in [9.17, 15) is 8.78 Å². The standard InChI is InChI=1S/C14H16F2N2O2/c1-9(2)17-7-10-6-11(20-18-10)8-19-13-5-3-4-12(15)14(13)16/h3-6,9,17H,7-8H2,1-2H3. The van der Waals surface area contributed by atoms with E-state index in [1.54, 1.807) is 6.07 Å². The van der Waals surface area contributed by atoms with Crippen molar-refractivity contribution in [2.75, 3.05) is 0 Å². The molecular formula is C14H16F2N2O2. The molecule has 0 spiro atoms. The van der Waals surface area contributed by atoms with Crippen LogP contribution in [0.3, 0.4) is 0 Å². The summed E-state index contributed by atoms with van der Waals surface area (Å²) in [7, 11) is 0. The van der Waals surface area contributed by atoms with E-state index in [0.29, 0.717) is 18.3 Å². The molecule has 0 bridgehead atoms. The molecule has 2 aromatic rings. The molecule has 0 aliphatic carbocycles. The van der Waals surface area contributed by atoms with Gasteiger partial charge in [0.2, 0.25) is 5.82 Å². The van der Waals surface area contributed by atoms with E-state index >= 15 is 0 Å². The smallest absolute Gasteiger partial charge is 0.200 e. The highest BCUT2D eigenvalue weighted by Crippen LogP contribution is 2.20. The quantitative estimate of drug-likeness (QED) is 0.884. The molecule has 0 amide bonds. The zero-order chi connectivity index (χ0) is 14.5. The molecule has 1 heterocycles. The van der Waals surface area contributed by atoms with Gasteiger partial charge in [0.1, 0.15) is 6.61 Å². The molecule has 1 aromatic heterocycles. The van der Waals surface area contributed by atoms with Crippen LogP contribution < -0.4 is 10.1 Å². The molecule has 6 heteroatoms. The third-order valence-corrected chi connectivity index (χ3v) is 2.59. The van der Waals surface area contributed by atoms with Gasteiger partial charge in [0, 0.05) is 18.7 Å². The first-order valence-corrected chi connectivity index (χ1v) is 6.31. The van der Waals surface area contributed by atoms with E-state index in [2.05, 4.69) is 10.5 Å². The molecule has 0 radical (unpaired) electrons. The van der Waals surface area contributed by atoms with Gasteiger partial charge < -0.3 is 14.6 Å². The number of hydrogen-bond acceptors (Lipinski definition) is 4. The van der Waals surface area contributed by atoms with Gasteiger partial charge in [-0.25, -0.2) is 4.39 Å². The van der Waals surface area contributed by atoms with E-state index in [-0.39, 0.29) is 12.4 Å². The second-order valence-electron chi connectivity index (χ2n) is 4.66. The summed E-state index contributed by atoms with van der Waals surface area (Å²) in [5.74, 6) is -1.65. The van der Waals surface area contributed by atoms with Crippen molar-refractivity contribution in [2.45, 2.75) is 33.0 Å². The van der Waals surface area contributed by atoms with Crippen molar-refractivity contribution in [1.29, 1.82) is 0 Å². The third-order valence-electron chi connectivity index (χ3n) is 2.59. The summed E-state index contributed by atoms with van der Waals surface area (Å²) in [5, 5.41) is 7.05. The van der Waals surface area contributed by atoms with Crippen molar-refractivity contribution in [2.24, 2.45) is 0 Å². The van der Waals surface area contributed by atoms with Crippen molar-refractivity contribution in [3.63, 3.8) is 0 Å². The van der Waals surface area contributed by atoms with Gasteiger partial charge >= 0.3 is 0 Å². The van der Waals surface area contributed by atoms with Gasteiger partial charge in [-0.2, -0.15) is 4.39 Å². The zero-order valence-corrected chi connectivity index (χ0v) is 11.3. The van der Waals surface area contributed by atoms with E-state index < -0.39 is 11.6 Å². The Morgan fingerprint density at radius 2 is 2.15 bits per heavy atom. The van der Waals surface area contributed by atoms with Crippen LogP contribution in [0.15, 0.2) is 28.8 Å². The highest BCUT2D eigenvalue weighted by atomic mass is 19.2. The Balaban J connectivity index is 1.92. The summed E-state index contributed by atoms with van der Waals surface area (Å²) in [6.07, 6.45) is 0. The average molecular weight is 282 g/mol. The van der Waals surface area contributed by atoms with Crippen LogP contribution in [0.25, 0.3) is 0 Å². The van der Waals surface area contributed by atoms with E-state index in [0.717, 1.165) is 11.8 Å². The molecular weight excluding hydrogens is 266 g/mol. The number of benzene rings is 1. The van der Waals surface area contributed by atoms with Crippen molar-refractivity contribution in [3.8, 4) is 5.75 Å². The minimum atomic E-state index is -1.01. The van der Waals surface area contributed by atoms with Crippen LogP contribution in [0.5, 0.6) is 5.75 Å². The van der Waals surface area contributed by atoms with Gasteiger partial charge in [-0.3, -0.25) is 0 Å². The monoisotopic (exact) mass is 282 g/mol. The minimum absolute atomic E-state index is 0.00491. The first-order valence-electron chi connectivity index (χ1n) is 6.31. The predicted octanol–water partition coefficient (Wildman–Crippen LogP) is 3.03. The van der Waals surface area contributed by atoms with Crippen LogP contribution in [0.2, 0.25) is 0 Å². The number of nitrogens with zero attached hydrogens (tertiary/aromatic N) is 1. The topological polar surface area (TPSA) is 47.3 Å². The number of halogens is 2. The number of hydrogen-bond donors (Lipinski definition) is 1. The Morgan fingerprint density at radius 3 is 2.90 bits per heavy atom. The molecule has 1 aromatic carbocycles. The van der Waals surface area contributed by atoms with E-state index in [1.807, 2.05) is 13.8 Å². The predicted molar refractivity (Wildman–Crippen MR) is 69.2 cm³/mol. The number of nitrogens with one attached hydrogen (secondary N) is 1. The maximum atomic E-state index is 13.4. The molecule has 0 aliphatic heterocycles. The van der Waals surface area contributed by atoms with Crippen molar-refractivity contribution in [3.05, 3.63) is 47.4 Å². The zero-order valence-electron chi connectivity index (χ0n) is 11.3. The molecule has 4 nitrogen and oxygen atoms in total. The van der Waals surface area contributed by atoms with Gasteiger partial charge in [-0.1, -0.05) is 25.1 Å². The highest BCUT2D eigenvalue weighted by Gasteiger charge is 2.10. The molecule has 20 heavy (non-hydrogen) atoms. The Hall–Kier alpha value is -1.95. The van der Waals surface area contributed by atoms with Crippen LogP contribution in [-0.4, -0.2) is 11.2 Å². The second-order valence-corrected chi connectivity index (χ2v) is 4.66. The Bertz CT molecular complexity index is 570. The number of aromatic nitrogens is 1. The fourth-order valence-electron chi connectivity index (χ4n) is 1.56. The summed E-state index contributed by atoms with van der Waals surface area (Å²) in [4.78, 5) is 0. The Labute approximate surface area is 115 Å². The molecule has 108 valence electrons.